The first kappa shape index (κ1) is 12.3. The molecule has 3 nitrogen and oxygen atoms in total. The number of hydrogen-bond donors (Lipinski definition) is 1. The van der Waals surface area contributed by atoms with E-state index in [1.54, 1.807) is 18.3 Å². The van der Waals surface area contributed by atoms with Crippen LogP contribution in [0.15, 0.2) is 39.4 Å². The molecule has 1 aromatic heterocycles. The number of nitrogens with two attached hydrogens (primary N) is 1. The number of nitrogens with zero attached hydrogens (tertiary/aromatic N) is 1. The molecule has 0 aliphatic rings. The van der Waals surface area contributed by atoms with Crippen LogP contribution in [0.2, 0.25) is 0 Å². The topological polar surface area (TPSA) is 48.1 Å². The monoisotopic (exact) mass is 360 g/mol. The van der Waals surface area contributed by atoms with Gasteiger partial charge in [0.15, 0.2) is 5.75 Å². The largest absolute Gasteiger partial charge is 0.436 e. The zero-order valence-corrected chi connectivity index (χ0v) is 11.6. The lowest BCUT2D eigenvalue weighted by atomic mass is 10.3. The van der Waals surface area contributed by atoms with Crippen LogP contribution in [-0.2, 0) is 0 Å². The van der Waals surface area contributed by atoms with Gasteiger partial charge in [-0.25, -0.2) is 9.37 Å². The third-order valence-corrected chi connectivity index (χ3v) is 3.20. The van der Waals surface area contributed by atoms with Crippen LogP contribution in [0.5, 0.6) is 11.6 Å². The Morgan fingerprint density at radius 2 is 2.00 bits per heavy atom. The SMILES string of the molecule is Nc1cc(Br)c(F)cc1Oc1ncccc1Br. The summed E-state index contributed by atoms with van der Waals surface area (Å²) in [4.78, 5) is 4.01. The Hall–Kier alpha value is -1.14. The second kappa shape index (κ2) is 5.01. The summed E-state index contributed by atoms with van der Waals surface area (Å²) in [6.45, 7) is 0. The van der Waals surface area contributed by atoms with Gasteiger partial charge < -0.3 is 10.5 Å². The van der Waals surface area contributed by atoms with Gasteiger partial charge in [-0.15, -0.1) is 0 Å². The molecule has 0 aliphatic carbocycles. The van der Waals surface area contributed by atoms with Crippen LogP contribution in [0.3, 0.4) is 0 Å². The van der Waals surface area contributed by atoms with Crippen LogP contribution in [0.25, 0.3) is 0 Å². The number of nitrogen functional groups attached to an aromatic ring is 1. The maximum absolute atomic E-state index is 13.3. The van der Waals surface area contributed by atoms with Crippen molar-refractivity contribution >= 4 is 37.5 Å². The molecule has 0 unspecified atom stereocenters. The average molecular weight is 362 g/mol. The third-order valence-electron chi connectivity index (χ3n) is 1.98. The molecule has 0 saturated heterocycles. The highest BCUT2D eigenvalue weighted by Crippen LogP contribution is 2.33. The lowest BCUT2D eigenvalue weighted by molar-refractivity contribution is 0.457. The van der Waals surface area contributed by atoms with Crippen molar-refractivity contribution in [3.8, 4) is 11.6 Å². The van der Waals surface area contributed by atoms with Crippen molar-refractivity contribution in [3.05, 3.63) is 45.2 Å². The van der Waals surface area contributed by atoms with E-state index >= 15 is 0 Å². The van der Waals surface area contributed by atoms with E-state index in [-0.39, 0.29) is 5.75 Å². The van der Waals surface area contributed by atoms with Crippen LogP contribution >= 0.6 is 31.9 Å². The van der Waals surface area contributed by atoms with E-state index < -0.39 is 5.82 Å². The van der Waals surface area contributed by atoms with Gasteiger partial charge in [-0.2, -0.15) is 0 Å². The average Bonchev–Trinajstić information content (AvgIpc) is 2.29. The van der Waals surface area contributed by atoms with E-state index in [2.05, 4.69) is 36.8 Å². The predicted octanol–water partition coefficient (Wildman–Crippen LogP) is 4.12. The molecule has 88 valence electrons. The fraction of sp³-hybridized carbons (Fsp3) is 0. The predicted molar refractivity (Wildman–Crippen MR) is 70.5 cm³/mol. The van der Waals surface area contributed by atoms with Crippen LogP contribution in [-0.4, -0.2) is 4.98 Å². The second-order valence-electron chi connectivity index (χ2n) is 3.20. The van der Waals surface area contributed by atoms with Crippen LogP contribution in [0, 0.1) is 5.82 Å². The lowest BCUT2D eigenvalue weighted by Crippen LogP contribution is -1.95. The molecule has 0 radical (unpaired) electrons. The highest BCUT2D eigenvalue weighted by atomic mass is 79.9. The summed E-state index contributed by atoms with van der Waals surface area (Å²) in [7, 11) is 0. The minimum atomic E-state index is -0.443. The highest BCUT2D eigenvalue weighted by molar-refractivity contribution is 9.10. The number of ether oxygens (including phenoxy) is 1. The fourth-order valence-corrected chi connectivity index (χ4v) is 1.88. The maximum atomic E-state index is 13.3. The number of rotatable bonds is 2. The van der Waals surface area contributed by atoms with E-state index in [1.807, 2.05) is 0 Å². The Morgan fingerprint density at radius 1 is 1.24 bits per heavy atom. The lowest BCUT2D eigenvalue weighted by Gasteiger charge is -2.09. The summed E-state index contributed by atoms with van der Waals surface area (Å²) >= 11 is 6.32. The quantitative estimate of drug-likeness (QED) is 0.818. The van der Waals surface area contributed by atoms with Gasteiger partial charge in [0.2, 0.25) is 5.88 Å². The van der Waals surface area contributed by atoms with Gasteiger partial charge in [0.1, 0.15) is 5.82 Å². The molecule has 0 fully saturated rings. The Morgan fingerprint density at radius 3 is 2.71 bits per heavy atom. The van der Waals surface area contributed by atoms with Crippen molar-refractivity contribution in [2.45, 2.75) is 0 Å². The van der Waals surface area contributed by atoms with Crippen molar-refractivity contribution in [2.24, 2.45) is 0 Å². The maximum Gasteiger partial charge on any atom is 0.233 e. The minimum absolute atomic E-state index is 0.227. The molecule has 1 heterocycles. The molecule has 1 aromatic carbocycles. The smallest absolute Gasteiger partial charge is 0.233 e. The van der Waals surface area contributed by atoms with Gasteiger partial charge in [-0.1, -0.05) is 0 Å². The Labute approximate surface area is 114 Å². The van der Waals surface area contributed by atoms with Crippen molar-refractivity contribution in [3.63, 3.8) is 0 Å². The number of benzene rings is 1. The first-order valence-electron chi connectivity index (χ1n) is 4.61. The fourth-order valence-electron chi connectivity index (χ4n) is 1.18. The van der Waals surface area contributed by atoms with Gasteiger partial charge >= 0.3 is 0 Å². The summed E-state index contributed by atoms with van der Waals surface area (Å²) < 4.78 is 19.7. The number of anilines is 1. The summed E-state index contributed by atoms with van der Waals surface area (Å²) in [5, 5.41) is 0. The molecule has 0 spiro atoms. The van der Waals surface area contributed by atoms with Crippen LogP contribution in [0.4, 0.5) is 10.1 Å². The van der Waals surface area contributed by atoms with Crippen LogP contribution in [0.1, 0.15) is 0 Å². The molecule has 2 N–H and O–H groups in total. The molecule has 2 rings (SSSR count). The molecule has 0 saturated carbocycles. The van der Waals surface area contributed by atoms with Gasteiger partial charge in [-0.05, 0) is 50.1 Å². The van der Waals surface area contributed by atoms with Gasteiger partial charge in [0, 0.05) is 12.3 Å². The Bertz CT molecular complexity index is 563. The molecule has 6 heteroatoms. The number of pyridine rings is 1. The summed E-state index contributed by atoms with van der Waals surface area (Å²) in [6.07, 6.45) is 1.57. The van der Waals surface area contributed by atoms with Crippen LogP contribution < -0.4 is 10.5 Å². The molecule has 0 atom stereocenters. The first-order valence-corrected chi connectivity index (χ1v) is 6.19. The van der Waals surface area contributed by atoms with E-state index in [1.165, 1.54) is 12.1 Å². The van der Waals surface area contributed by atoms with E-state index in [9.17, 15) is 4.39 Å². The zero-order valence-electron chi connectivity index (χ0n) is 8.45. The van der Waals surface area contributed by atoms with E-state index in [4.69, 9.17) is 10.5 Å². The van der Waals surface area contributed by atoms with Crippen molar-refractivity contribution < 1.29 is 9.13 Å². The molecule has 17 heavy (non-hydrogen) atoms. The summed E-state index contributed by atoms with van der Waals surface area (Å²) in [5.74, 6) is 0.118. The van der Waals surface area contributed by atoms with Crippen molar-refractivity contribution in [1.82, 2.24) is 4.98 Å². The first-order chi connectivity index (χ1) is 8.08. The minimum Gasteiger partial charge on any atom is -0.436 e. The van der Waals surface area contributed by atoms with E-state index in [0.717, 1.165) is 0 Å². The third kappa shape index (κ3) is 2.76. The van der Waals surface area contributed by atoms with Gasteiger partial charge in [0.25, 0.3) is 0 Å². The molecule has 0 bridgehead atoms. The molecule has 0 aliphatic heterocycles. The molecule has 2 aromatic rings. The highest BCUT2D eigenvalue weighted by Gasteiger charge is 2.10. The zero-order chi connectivity index (χ0) is 12.4. The normalized spacial score (nSPS) is 10.3. The second-order valence-corrected chi connectivity index (χ2v) is 4.91. The number of halogens is 3. The molecular weight excluding hydrogens is 355 g/mol. The number of aromatic nitrogens is 1. The number of hydrogen-bond acceptors (Lipinski definition) is 3. The molecular formula is C11H7Br2FN2O. The summed E-state index contributed by atoms with van der Waals surface area (Å²) in [5.41, 5.74) is 6.05. The Kier molecular flexibility index (Phi) is 3.63. The van der Waals surface area contributed by atoms with Gasteiger partial charge in [0.05, 0.1) is 14.6 Å². The standard InChI is InChI=1S/C11H7Br2FN2O/c12-6-2-1-3-16-11(6)17-10-5-8(14)7(13)4-9(10)15/h1-5H,15H2. The van der Waals surface area contributed by atoms with Crippen molar-refractivity contribution in [2.75, 3.05) is 5.73 Å². The van der Waals surface area contributed by atoms with Crippen molar-refractivity contribution in [1.29, 1.82) is 0 Å². The Balaban J connectivity index is 2.37. The summed E-state index contributed by atoms with van der Waals surface area (Å²) in [6, 6.07) is 6.18. The van der Waals surface area contributed by atoms with Gasteiger partial charge in [-0.3, -0.25) is 0 Å². The van der Waals surface area contributed by atoms with E-state index in [0.29, 0.717) is 20.5 Å². The molecule has 0 amide bonds.